The average Bonchev–Trinajstić information content (AvgIpc) is 1.48. The molecule has 2 nitrogen and oxygen atoms in total. The standard InChI is InChI=1S/C82H112Br2N2/c1-13-15-17-19-21-23-25-27-29-31-33-35-37-67-53-81-55-68(38-36-34-32-30-28-26-24-22-20-18-16-14-2)56-82(81,54-67)76-52-70(86(72-49-61(7)78(84)62(8)50-72)80-65(11)45-58(4)46-66(80)12)40-42-74(76)73-41-39-69(51-75(73)81)85(71-47-59(5)77(83)60(6)48-71)79-63(9)43-57(3)44-64(79)10/h39-52,67-68H,13-38,53-56H2,1-12H3/t67?,68?,81-,82+. The zero-order valence-corrected chi connectivity index (χ0v) is 59.3. The van der Waals surface area contributed by atoms with Crippen molar-refractivity contribution in [1.29, 1.82) is 0 Å². The zero-order valence-electron chi connectivity index (χ0n) is 56.1. The molecule has 0 aliphatic heterocycles. The number of fused-ring (bicyclic) bond motifs is 3. The number of anilines is 6. The molecular weight excluding hydrogens is 1170 g/mol. The largest absolute Gasteiger partial charge is 0.310 e. The van der Waals surface area contributed by atoms with E-state index in [-0.39, 0.29) is 10.8 Å². The molecule has 2 fully saturated rings. The molecular formula is C82H112Br2N2. The monoisotopic (exact) mass is 1280 g/mol. The molecule has 0 spiro atoms. The third-order valence-electron chi connectivity index (χ3n) is 21.3. The van der Waals surface area contributed by atoms with Crippen molar-refractivity contribution in [3.05, 3.63) is 161 Å². The van der Waals surface area contributed by atoms with Gasteiger partial charge in [-0.15, -0.1) is 0 Å². The Kier molecular flexibility index (Phi) is 23.6. The Morgan fingerprint density at radius 2 is 0.593 bits per heavy atom. The highest BCUT2D eigenvalue weighted by Crippen LogP contribution is 2.73. The van der Waals surface area contributed by atoms with Crippen LogP contribution in [0.2, 0.25) is 0 Å². The maximum absolute atomic E-state index is 3.98. The van der Waals surface area contributed by atoms with Crippen LogP contribution in [-0.4, -0.2) is 0 Å². The maximum Gasteiger partial charge on any atom is 0.0520 e. The van der Waals surface area contributed by atoms with E-state index in [1.165, 1.54) is 302 Å². The second-order valence-electron chi connectivity index (χ2n) is 28.5. The van der Waals surface area contributed by atoms with Gasteiger partial charge in [-0.05, 0) is 222 Å². The lowest BCUT2D eigenvalue weighted by molar-refractivity contribution is 0.299. The summed E-state index contributed by atoms with van der Waals surface area (Å²) >= 11 is 7.96. The summed E-state index contributed by atoms with van der Waals surface area (Å²) in [5, 5.41) is 0. The van der Waals surface area contributed by atoms with Crippen LogP contribution in [0.3, 0.4) is 0 Å². The Bertz CT molecular complexity index is 2910. The van der Waals surface area contributed by atoms with Crippen molar-refractivity contribution in [1.82, 2.24) is 0 Å². The minimum absolute atomic E-state index is 0.0352. The number of unbranched alkanes of at least 4 members (excludes halogenated alkanes) is 22. The van der Waals surface area contributed by atoms with Gasteiger partial charge in [0.2, 0.25) is 0 Å². The third-order valence-corrected chi connectivity index (χ3v) is 23.8. The van der Waals surface area contributed by atoms with Crippen molar-refractivity contribution in [3.63, 3.8) is 0 Å². The highest BCUT2D eigenvalue weighted by molar-refractivity contribution is 9.11. The van der Waals surface area contributed by atoms with Gasteiger partial charge in [0.1, 0.15) is 0 Å². The Labute approximate surface area is 542 Å². The van der Waals surface area contributed by atoms with E-state index in [1.54, 1.807) is 11.1 Å². The molecule has 9 rings (SSSR count). The van der Waals surface area contributed by atoms with Gasteiger partial charge in [0.25, 0.3) is 0 Å². The number of nitrogens with zero attached hydrogens (tertiary/aromatic N) is 2. The van der Waals surface area contributed by atoms with Gasteiger partial charge in [-0.25, -0.2) is 0 Å². The first-order valence-electron chi connectivity index (χ1n) is 35.1. The quantitative estimate of drug-likeness (QED) is 0.0389. The second kappa shape index (κ2) is 30.6. The zero-order chi connectivity index (χ0) is 61.1. The molecule has 3 aliphatic carbocycles. The summed E-state index contributed by atoms with van der Waals surface area (Å²) in [6.45, 7) is 27.6. The molecule has 0 N–H and O–H groups in total. The number of rotatable bonds is 32. The van der Waals surface area contributed by atoms with Crippen LogP contribution in [0.15, 0.2) is 93.9 Å². The lowest BCUT2D eigenvalue weighted by Gasteiger charge is -2.48. The van der Waals surface area contributed by atoms with Gasteiger partial charge < -0.3 is 9.80 Å². The van der Waals surface area contributed by atoms with Gasteiger partial charge >= 0.3 is 0 Å². The normalized spacial score (nSPS) is 18.5. The molecule has 0 heterocycles. The molecule has 0 amide bonds. The van der Waals surface area contributed by atoms with Gasteiger partial charge in [0.05, 0.1) is 11.4 Å². The minimum Gasteiger partial charge on any atom is -0.310 e. The maximum atomic E-state index is 3.98. The Balaban J connectivity index is 1.14. The first-order valence-corrected chi connectivity index (χ1v) is 36.7. The molecule has 464 valence electrons. The van der Waals surface area contributed by atoms with Crippen LogP contribution in [0.1, 0.15) is 273 Å². The van der Waals surface area contributed by atoms with E-state index in [0.29, 0.717) is 11.8 Å². The number of aryl methyl sites for hydroxylation is 10. The fraction of sp³-hybridized carbons (Fsp3) is 0.561. The Morgan fingerprint density at radius 3 is 0.872 bits per heavy atom. The molecule has 0 unspecified atom stereocenters. The highest BCUT2D eigenvalue weighted by Gasteiger charge is 2.66. The van der Waals surface area contributed by atoms with Crippen molar-refractivity contribution in [2.24, 2.45) is 11.8 Å². The number of halogens is 2. The first-order chi connectivity index (χ1) is 41.5. The van der Waals surface area contributed by atoms with E-state index < -0.39 is 0 Å². The van der Waals surface area contributed by atoms with E-state index in [0.717, 1.165) is 0 Å². The van der Waals surface area contributed by atoms with Crippen LogP contribution in [0, 0.1) is 81.1 Å². The number of benzene rings is 6. The van der Waals surface area contributed by atoms with Crippen molar-refractivity contribution < 1.29 is 0 Å². The van der Waals surface area contributed by atoms with Crippen LogP contribution >= 0.6 is 31.9 Å². The van der Waals surface area contributed by atoms with Crippen LogP contribution in [0.4, 0.5) is 34.1 Å². The number of hydrogen-bond donors (Lipinski definition) is 0. The summed E-state index contributed by atoms with van der Waals surface area (Å²) in [5.41, 5.74) is 27.1. The predicted molar refractivity (Wildman–Crippen MR) is 384 cm³/mol. The highest BCUT2D eigenvalue weighted by atomic mass is 79.9. The Hall–Kier alpha value is -4.12. The fourth-order valence-electron chi connectivity index (χ4n) is 17.5. The van der Waals surface area contributed by atoms with Crippen molar-refractivity contribution in [2.75, 3.05) is 9.80 Å². The SMILES string of the molecule is CCCCCCCCCCCCCCC1C[C@]23CC(CCCCCCCCCCCCCC)C[C@@]2(C1)c1cc(N(c2cc(C)c(Br)c(C)c2)c2c(C)cc(C)cc2C)ccc1-c1ccc(N(c2cc(C)c(Br)c(C)c2)c2c(C)cc(C)cc2C)cc13. The Morgan fingerprint density at radius 1 is 0.326 bits per heavy atom. The van der Waals surface area contributed by atoms with E-state index in [9.17, 15) is 0 Å². The van der Waals surface area contributed by atoms with Crippen LogP contribution in [0.25, 0.3) is 11.1 Å². The topological polar surface area (TPSA) is 6.48 Å². The van der Waals surface area contributed by atoms with Crippen LogP contribution in [-0.2, 0) is 10.8 Å². The molecule has 6 aromatic carbocycles. The van der Waals surface area contributed by atoms with Gasteiger partial charge in [-0.1, -0.05) is 260 Å². The molecule has 2 saturated carbocycles. The van der Waals surface area contributed by atoms with E-state index in [4.69, 9.17) is 0 Å². The van der Waals surface area contributed by atoms with Crippen LogP contribution in [0.5, 0.6) is 0 Å². The van der Waals surface area contributed by atoms with Crippen molar-refractivity contribution >= 4 is 66.0 Å². The summed E-state index contributed by atoms with van der Waals surface area (Å²) in [7, 11) is 0. The number of hydrogen-bond acceptors (Lipinski definition) is 2. The van der Waals surface area contributed by atoms with E-state index in [1.807, 2.05) is 0 Å². The predicted octanol–water partition coefficient (Wildman–Crippen LogP) is 27.4. The first kappa shape index (κ1) is 66.3. The third kappa shape index (κ3) is 14.9. The molecule has 0 atom stereocenters. The van der Waals surface area contributed by atoms with E-state index in [2.05, 4.69) is 210 Å². The summed E-state index contributed by atoms with van der Waals surface area (Å²) in [6.07, 6.45) is 41.5. The van der Waals surface area contributed by atoms with Crippen LogP contribution < -0.4 is 9.80 Å². The lowest BCUT2D eigenvalue weighted by atomic mass is 9.55. The van der Waals surface area contributed by atoms with Gasteiger partial charge in [-0.2, -0.15) is 0 Å². The smallest absolute Gasteiger partial charge is 0.0520 e. The minimum atomic E-state index is 0.0352. The molecule has 4 heteroatoms. The van der Waals surface area contributed by atoms with Crippen molar-refractivity contribution in [2.45, 2.75) is 287 Å². The average molecular weight is 1290 g/mol. The summed E-state index contributed by atoms with van der Waals surface area (Å²) in [4.78, 5) is 5.30. The van der Waals surface area contributed by atoms with E-state index >= 15 is 0 Å². The molecule has 0 saturated heterocycles. The fourth-order valence-corrected chi connectivity index (χ4v) is 18.0. The molecule has 0 bridgehead atoms. The van der Waals surface area contributed by atoms with Crippen molar-refractivity contribution in [3.8, 4) is 11.1 Å². The molecule has 0 radical (unpaired) electrons. The molecule has 86 heavy (non-hydrogen) atoms. The summed E-state index contributed by atoms with van der Waals surface area (Å²) in [5.74, 6) is 1.39. The lowest BCUT2D eigenvalue weighted by Crippen LogP contribution is -2.43. The molecule has 6 aromatic rings. The van der Waals surface area contributed by atoms with Gasteiger partial charge in [-0.3, -0.25) is 0 Å². The molecule has 0 aromatic heterocycles. The summed E-state index contributed by atoms with van der Waals surface area (Å²) < 4.78 is 2.41. The molecule has 3 aliphatic rings. The second-order valence-corrected chi connectivity index (χ2v) is 30.1. The van der Waals surface area contributed by atoms with Gasteiger partial charge in [0, 0.05) is 42.5 Å². The summed E-state index contributed by atoms with van der Waals surface area (Å²) in [6, 6.07) is 35.0. The van der Waals surface area contributed by atoms with Gasteiger partial charge in [0.15, 0.2) is 0 Å².